The average molecular weight is 400 g/mol. The van der Waals surface area contributed by atoms with Crippen molar-refractivity contribution < 1.29 is 4.79 Å². The van der Waals surface area contributed by atoms with Crippen LogP contribution in [0.2, 0.25) is 5.02 Å². The van der Waals surface area contributed by atoms with Crippen molar-refractivity contribution in [2.75, 3.05) is 7.05 Å². The van der Waals surface area contributed by atoms with E-state index >= 15 is 0 Å². The zero-order valence-corrected chi connectivity index (χ0v) is 14.3. The monoisotopic (exact) mass is 399 g/mol. The maximum absolute atomic E-state index is 12.5. The molecule has 0 saturated heterocycles. The zero-order chi connectivity index (χ0) is 14.7. The number of carbonyl (C=O) groups excluding carboxylic acids is 1. The highest BCUT2D eigenvalue weighted by atomic mass is 127. The van der Waals surface area contributed by atoms with Crippen molar-refractivity contribution in [2.45, 2.75) is 13.5 Å². The first kappa shape index (κ1) is 15.3. The van der Waals surface area contributed by atoms with Crippen LogP contribution >= 0.6 is 34.2 Å². The molecule has 0 spiro atoms. The van der Waals surface area contributed by atoms with E-state index in [2.05, 4.69) is 28.7 Å². The van der Waals surface area contributed by atoms with Crippen molar-refractivity contribution in [3.05, 3.63) is 67.7 Å². The quantitative estimate of drug-likeness (QED) is 0.695. The molecule has 0 atom stereocenters. The summed E-state index contributed by atoms with van der Waals surface area (Å²) >= 11 is 8.13. The lowest BCUT2D eigenvalue weighted by Crippen LogP contribution is -2.26. The van der Waals surface area contributed by atoms with Gasteiger partial charge >= 0.3 is 0 Å². The van der Waals surface area contributed by atoms with E-state index in [1.54, 1.807) is 17.0 Å². The van der Waals surface area contributed by atoms with Gasteiger partial charge in [-0.2, -0.15) is 0 Å². The lowest BCUT2D eigenvalue weighted by molar-refractivity contribution is 0.0784. The molecule has 2 rings (SSSR count). The van der Waals surface area contributed by atoms with Crippen LogP contribution in [0.4, 0.5) is 0 Å². The molecule has 104 valence electrons. The second-order valence-corrected chi connectivity index (χ2v) is 6.37. The van der Waals surface area contributed by atoms with Crippen LogP contribution in [0.5, 0.6) is 0 Å². The number of rotatable bonds is 3. The largest absolute Gasteiger partial charge is 0.337 e. The van der Waals surface area contributed by atoms with Gasteiger partial charge in [-0.25, -0.2) is 0 Å². The maximum Gasteiger partial charge on any atom is 0.255 e. The summed E-state index contributed by atoms with van der Waals surface area (Å²) in [5, 5.41) is 0.581. The number of halogens is 2. The van der Waals surface area contributed by atoms with Crippen LogP contribution in [-0.2, 0) is 6.54 Å². The van der Waals surface area contributed by atoms with Gasteiger partial charge in [-0.3, -0.25) is 4.79 Å². The van der Waals surface area contributed by atoms with Crippen LogP contribution in [0, 0.1) is 10.5 Å². The van der Waals surface area contributed by atoms with Crippen LogP contribution < -0.4 is 0 Å². The summed E-state index contributed by atoms with van der Waals surface area (Å²) in [5.74, 6) is -0.0154. The SMILES string of the molecule is Cc1cccc(CN(C)C(=O)c2cc(Cl)ccc2I)c1. The first-order valence-corrected chi connectivity index (χ1v) is 7.69. The molecule has 0 aliphatic rings. The predicted octanol–water partition coefficient (Wildman–Crippen LogP) is 4.53. The van der Waals surface area contributed by atoms with E-state index in [4.69, 9.17) is 11.6 Å². The van der Waals surface area contributed by atoms with E-state index in [1.807, 2.05) is 38.2 Å². The van der Waals surface area contributed by atoms with Gasteiger partial charge < -0.3 is 4.90 Å². The Morgan fingerprint density at radius 1 is 1.25 bits per heavy atom. The van der Waals surface area contributed by atoms with Crippen LogP contribution in [0.25, 0.3) is 0 Å². The molecule has 2 nitrogen and oxygen atoms in total. The Morgan fingerprint density at radius 3 is 2.70 bits per heavy atom. The van der Waals surface area contributed by atoms with E-state index in [0.29, 0.717) is 17.1 Å². The molecule has 4 heteroatoms. The average Bonchev–Trinajstić information content (AvgIpc) is 2.40. The second-order valence-electron chi connectivity index (χ2n) is 4.77. The Bertz CT molecular complexity index is 642. The molecule has 0 bridgehead atoms. The Morgan fingerprint density at radius 2 is 2.00 bits per heavy atom. The normalized spacial score (nSPS) is 10.4. The zero-order valence-electron chi connectivity index (χ0n) is 11.4. The van der Waals surface area contributed by atoms with Crippen LogP contribution in [0.15, 0.2) is 42.5 Å². The number of hydrogen-bond donors (Lipinski definition) is 0. The van der Waals surface area contributed by atoms with Crippen molar-refractivity contribution in [1.29, 1.82) is 0 Å². The molecule has 0 aliphatic heterocycles. The fourth-order valence-corrected chi connectivity index (χ4v) is 2.76. The van der Waals surface area contributed by atoms with E-state index in [9.17, 15) is 4.79 Å². The van der Waals surface area contributed by atoms with Gasteiger partial charge in [-0.15, -0.1) is 0 Å². The van der Waals surface area contributed by atoms with E-state index in [1.165, 1.54) is 5.56 Å². The summed E-state index contributed by atoms with van der Waals surface area (Å²) in [5.41, 5.74) is 2.96. The van der Waals surface area contributed by atoms with Gasteiger partial charge in [0.05, 0.1) is 5.56 Å². The Labute approximate surface area is 137 Å². The van der Waals surface area contributed by atoms with Crippen molar-refractivity contribution in [3.8, 4) is 0 Å². The number of carbonyl (C=O) groups is 1. The maximum atomic E-state index is 12.5. The van der Waals surface area contributed by atoms with Crippen molar-refractivity contribution >= 4 is 40.1 Å². The van der Waals surface area contributed by atoms with Crippen LogP contribution in [-0.4, -0.2) is 17.9 Å². The van der Waals surface area contributed by atoms with Crippen LogP contribution in [0.1, 0.15) is 21.5 Å². The van der Waals surface area contributed by atoms with Gasteiger partial charge in [0, 0.05) is 22.2 Å². The molecule has 0 aliphatic carbocycles. The molecule has 2 aromatic rings. The van der Waals surface area contributed by atoms with Gasteiger partial charge in [0.25, 0.3) is 5.91 Å². The molecule has 0 heterocycles. The smallest absolute Gasteiger partial charge is 0.255 e. The highest BCUT2D eigenvalue weighted by molar-refractivity contribution is 14.1. The third-order valence-electron chi connectivity index (χ3n) is 3.01. The van der Waals surface area contributed by atoms with E-state index in [-0.39, 0.29) is 5.91 Å². The summed E-state index contributed by atoms with van der Waals surface area (Å²) < 4.78 is 0.910. The van der Waals surface area contributed by atoms with Crippen molar-refractivity contribution in [2.24, 2.45) is 0 Å². The van der Waals surface area contributed by atoms with Crippen molar-refractivity contribution in [3.63, 3.8) is 0 Å². The number of aryl methyl sites for hydroxylation is 1. The van der Waals surface area contributed by atoms with Crippen LogP contribution in [0.3, 0.4) is 0 Å². The van der Waals surface area contributed by atoms with Gasteiger partial charge in [0.2, 0.25) is 0 Å². The van der Waals surface area contributed by atoms with E-state index < -0.39 is 0 Å². The van der Waals surface area contributed by atoms with Gasteiger partial charge in [0.15, 0.2) is 0 Å². The summed E-state index contributed by atoms with van der Waals surface area (Å²) in [7, 11) is 1.81. The van der Waals surface area contributed by atoms with Gasteiger partial charge in [-0.1, -0.05) is 41.4 Å². The molecular formula is C16H15ClINO. The summed E-state index contributed by atoms with van der Waals surface area (Å²) in [6.07, 6.45) is 0. The minimum atomic E-state index is -0.0154. The summed E-state index contributed by atoms with van der Waals surface area (Å²) in [4.78, 5) is 14.2. The lowest BCUT2D eigenvalue weighted by atomic mass is 10.1. The minimum absolute atomic E-state index is 0.0154. The Hall–Kier alpha value is -1.07. The molecule has 0 saturated carbocycles. The molecule has 0 radical (unpaired) electrons. The Balaban J connectivity index is 2.18. The fourth-order valence-electron chi connectivity index (χ4n) is 2.02. The standard InChI is InChI=1S/C16H15ClINO/c1-11-4-3-5-12(8-11)10-19(2)16(20)14-9-13(17)6-7-15(14)18/h3-9H,10H2,1-2H3. The first-order chi connectivity index (χ1) is 9.47. The predicted molar refractivity (Wildman–Crippen MR) is 91.1 cm³/mol. The molecule has 0 unspecified atom stereocenters. The highest BCUT2D eigenvalue weighted by Crippen LogP contribution is 2.20. The summed E-state index contributed by atoms with van der Waals surface area (Å²) in [6.45, 7) is 2.63. The molecule has 0 N–H and O–H groups in total. The molecule has 0 aromatic heterocycles. The third-order valence-corrected chi connectivity index (χ3v) is 4.18. The number of amides is 1. The van der Waals surface area contributed by atoms with Crippen molar-refractivity contribution in [1.82, 2.24) is 4.90 Å². The molecule has 20 heavy (non-hydrogen) atoms. The van der Waals surface area contributed by atoms with Gasteiger partial charge in [0.1, 0.15) is 0 Å². The summed E-state index contributed by atoms with van der Waals surface area (Å²) in [6, 6.07) is 13.5. The molecular weight excluding hydrogens is 385 g/mol. The highest BCUT2D eigenvalue weighted by Gasteiger charge is 2.15. The Kier molecular flexibility index (Phi) is 5.05. The van der Waals surface area contributed by atoms with E-state index in [0.717, 1.165) is 9.13 Å². The first-order valence-electron chi connectivity index (χ1n) is 6.23. The number of nitrogens with zero attached hydrogens (tertiary/aromatic N) is 1. The van der Waals surface area contributed by atoms with Gasteiger partial charge in [-0.05, 0) is 53.3 Å². The molecule has 2 aromatic carbocycles. The fraction of sp³-hybridized carbons (Fsp3) is 0.188. The lowest BCUT2D eigenvalue weighted by Gasteiger charge is -2.18. The number of benzene rings is 2. The third kappa shape index (κ3) is 3.73. The molecule has 1 amide bonds. The second kappa shape index (κ2) is 6.59. The number of hydrogen-bond acceptors (Lipinski definition) is 1. The molecule has 0 fully saturated rings. The minimum Gasteiger partial charge on any atom is -0.337 e. The topological polar surface area (TPSA) is 20.3 Å².